The van der Waals surface area contributed by atoms with Crippen molar-refractivity contribution in [2.24, 2.45) is 0 Å². The molecule has 23 heavy (non-hydrogen) atoms. The largest absolute Gasteiger partial charge is 0.325 e. The highest BCUT2D eigenvalue weighted by molar-refractivity contribution is 8.00. The predicted molar refractivity (Wildman–Crippen MR) is 96.4 cm³/mol. The fourth-order valence-corrected chi connectivity index (χ4v) is 3.69. The number of nitrogens with one attached hydrogen (secondary N) is 1. The summed E-state index contributed by atoms with van der Waals surface area (Å²) in [6.45, 7) is 0.0285. The monoisotopic (exact) mass is 344 g/mol. The highest BCUT2D eigenvalue weighted by Crippen LogP contribution is 2.34. The topological polar surface area (TPSA) is 49.4 Å². The van der Waals surface area contributed by atoms with E-state index in [1.54, 1.807) is 16.7 Å². The van der Waals surface area contributed by atoms with E-state index in [4.69, 9.17) is 0 Å². The minimum atomic E-state index is -0.197. The van der Waals surface area contributed by atoms with Crippen LogP contribution in [0.2, 0.25) is 0 Å². The lowest BCUT2D eigenvalue weighted by Crippen LogP contribution is -2.41. The highest BCUT2D eigenvalue weighted by Gasteiger charge is 2.26. The van der Waals surface area contributed by atoms with E-state index in [2.05, 4.69) is 5.32 Å². The second-order valence-electron chi connectivity index (χ2n) is 5.01. The maximum absolute atomic E-state index is 12.3. The van der Waals surface area contributed by atoms with E-state index in [-0.39, 0.29) is 18.4 Å². The summed E-state index contributed by atoms with van der Waals surface area (Å²) < 4.78 is 0. The van der Waals surface area contributed by atoms with Crippen LogP contribution in [-0.4, -0.2) is 30.4 Å². The van der Waals surface area contributed by atoms with Gasteiger partial charge in [-0.25, -0.2) is 0 Å². The van der Waals surface area contributed by atoms with E-state index in [0.29, 0.717) is 5.75 Å². The zero-order valence-corrected chi connectivity index (χ0v) is 14.2. The summed E-state index contributed by atoms with van der Waals surface area (Å²) in [6.07, 6.45) is 2.00. The third-order valence-corrected chi connectivity index (χ3v) is 5.27. The molecule has 2 aromatic carbocycles. The van der Waals surface area contributed by atoms with E-state index < -0.39 is 0 Å². The van der Waals surface area contributed by atoms with Gasteiger partial charge in [0.25, 0.3) is 0 Å². The van der Waals surface area contributed by atoms with E-state index >= 15 is 0 Å². The van der Waals surface area contributed by atoms with Gasteiger partial charge in [-0.2, -0.15) is 0 Å². The number of para-hydroxylation sites is 1. The number of hydrogen-bond acceptors (Lipinski definition) is 4. The summed E-state index contributed by atoms with van der Waals surface area (Å²) in [4.78, 5) is 28.1. The van der Waals surface area contributed by atoms with Gasteiger partial charge in [-0.3, -0.25) is 9.59 Å². The first-order valence-electron chi connectivity index (χ1n) is 7.13. The lowest BCUT2D eigenvalue weighted by atomic mass is 10.2. The van der Waals surface area contributed by atoms with Gasteiger partial charge in [0, 0.05) is 15.5 Å². The molecule has 0 fully saturated rings. The van der Waals surface area contributed by atoms with Crippen LogP contribution in [0, 0.1) is 0 Å². The van der Waals surface area contributed by atoms with Crippen molar-refractivity contribution >= 4 is 46.7 Å². The number of nitrogens with zero attached hydrogens (tertiary/aromatic N) is 1. The van der Waals surface area contributed by atoms with Gasteiger partial charge >= 0.3 is 0 Å². The minimum Gasteiger partial charge on any atom is -0.325 e. The van der Waals surface area contributed by atoms with Crippen LogP contribution in [-0.2, 0) is 9.59 Å². The standard InChI is InChI=1S/C17H16N2O2S2/c1-22-13-8-6-12(7-9-13)18-16(20)10-19-14-4-2-3-5-15(14)23-11-17(19)21/h2-9H,10-11H2,1H3,(H,18,20). The molecule has 1 aliphatic rings. The molecule has 0 bridgehead atoms. The molecule has 0 atom stereocenters. The van der Waals surface area contributed by atoms with Crippen molar-refractivity contribution in [3.8, 4) is 0 Å². The Morgan fingerprint density at radius 2 is 1.96 bits per heavy atom. The van der Waals surface area contributed by atoms with Crippen molar-refractivity contribution < 1.29 is 9.59 Å². The number of amides is 2. The molecule has 1 heterocycles. The molecule has 0 spiro atoms. The molecule has 2 aromatic rings. The molecule has 0 radical (unpaired) electrons. The lowest BCUT2D eigenvalue weighted by Gasteiger charge is -2.28. The summed E-state index contributed by atoms with van der Waals surface area (Å²) in [7, 11) is 0. The van der Waals surface area contributed by atoms with E-state index in [0.717, 1.165) is 21.2 Å². The second kappa shape index (κ2) is 7.10. The lowest BCUT2D eigenvalue weighted by molar-refractivity contribution is -0.120. The zero-order chi connectivity index (χ0) is 16.2. The van der Waals surface area contributed by atoms with Gasteiger partial charge < -0.3 is 10.2 Å². The average molecular weight is 344 g/mol. The number of hydrogen-bond donors (Lipinski definition) is 1. The van der Waals surface area contributed by atoms with Gasteiger partial charge in [0.1, 0.15) is 6.54 Å². The molecule has 4 nitrogen and oxygen atoms in total. The number of anilines is 2. The Morgan fingerprint density at radius 1 is 1.22 bits per heavy atom. The van der Waals surface area contributed by atoms with E-state index in [1.807, 2.05) is 54.8 Å². The number of rotatable bonds is 4. The van der Waals surface area contributed by atoms with Gasteiger partial charge in [-0.05, 0) is 42.7 Å². The smallest absolute Gasteiger partial charge is 0.244 e. The first-order chi connectivity index (χ1) is 11.2. The number of carbonyl (C=O) groups excluding carboxylic acids is 2. The highest BCUT2D eigenvalue weighted by atomic mass is 32.2. The van der Waals surface area contributed by atoms with Crippen molar-refractivity contribution in [2.45, 2.75) is 9.79 Å². The second-order valence-corrected chi connectivity index (χ2v) is 6.91. The number of thioether (sulfide) groups is 2. The van der Waals surface area contributed by atoms with Crippen molar-refractivity contribution in [1.29, 1.82) is 0 Å². The van der Waals surface area contributed by atoms with Crippen molar-refractivity contribution in [2.75, 3.05) is 28.8 Å². The van der Waals surface area contributed by atoms with Crippen LogP contribution in [0.25, 0.3) is 0 Å². The van der Waals surface area contributed by atoms with Crippen molar-refractivity contribution in [1.82, 2.24) is 0 Å². The molecule has 0 aliphatic carbocycles. The van der Waals surface area contributed by atoms with E-state index in [1.165, 1.54) is 11.8 Å². The maximum Gasteiger partial charge on any atom is 0.244 e. The minimum absolute atomic E-state index is 0.0285. The van der Waals surface area contributed by atoms with E-state index in [9.17, 15) is 9.59 Å². The molecule has 0 aromatic heterocycles. The van der Waals surface area contributed by atoms with Crippen molar-refractivity contribution in [3.63, 3.8) is 0 Å². The summed E-state index contributed by atoms with van der Waals surface area (Å²) in [6, 6.07) is 15.3. The Bertz CT molecular complexity index is 732. The predicted octanol–water partition coefficient (Wildman–Crippen LogP) is 3.49. The van der Waals surface area contributed by atoms with Gasteiger partial charge in [0.15, 0.2) is 0 Å². The average Bonchev–Trinajstić information content (AvgIpc) is 2.58. The summed E-state index contributed by atoms with van der Waals surface area (Å²) in [5.74, 6) is 0.130. The van der Waals surface area contributed by atoms with Crippen molar-refractivity contribution in [3.05, 3.63) is 48.5 Å². The Hall–Kier alpha value is -1.92. The Balaban J connectivity index is 1.71. The first-order valence-corrected chi connectivity index (χ1v) is 9.34. The quantitative estimate of drug-likeness (QED) is 0.863. The molecular formula is C17H16N2O2S2. The van der Waals surface area contributed by atoms with Gasteiger partial charge in [-0.1, -0.05) is 12.1 Å². The molecule has 3 rings (SSSR count). The third kappa shape index (κ3) is 3.71. The van der Waals surface area contributed by atoms with Gasteiger partial charge in [0.05, 0.1) is 11.4 Å². The summed E-state index contributed by atoms with van der Waals surface area (Å²) >= 11 is 3.16. The Labute approximate surface area is 143 Å². The molecule has 0 unspecified atom stereocenters. The maximum atomic E-state index is 12.3. The van der Waals surface area contributed by atoms with Crippen LogP contribution in [0.3, 0.4) is 0 Å². The zero-order valence-electron chi connectivity index (χ0n) is 12.6. The van der Waals surface area contributed by atoms with Crippen LogP contribution in [0.1, 0.15) is 0 Å². The molecule has 0 saturated carbocycles. The normalized spacial score (nSPS) is 13.6. The first kappa shape index (κ1) is 16.0. The number of benzene rings is 2. The third-order valence-electron chi connectivity index (χ3n) is 3.48. The molecule has 6 heteroatoms. The van der Waals surface area contributed by atoms with Crippen LogP contribution in [0.15, 0.2) is 58.3 Å². The number of carbonyl (C=O) groups is 2. The molecule has 118 valence electrons. The van der Waals surface area contributed by atoms with Gasteiger partial charge in [0.2, 0.25) is 11.8 Å². The SMILES string of the molecule is CSc1ccc(NC(=O)CN2C(=O)CSc3ccccc32)cc1. The van der Waals surface area contributed by atoms with Gasteiger partial charge in [-0.15, -0.1) is 23.5 Å². The fraction of sp³-hybridized carbons (Fsp3) is 0.176. The Kier molecular flexibility index (Phi) is 4.93. The van der Waals surface area contributed by atoms with Crippen LogP contribution < -0.4 is 10.2 Å². The van der Waals surface area contributed by atoms with Crippen LogP contribution >= 0.6 is 23.5 Å². The Morgan fingerprint density at radius 3 is 2.70 bits per heavy atom. The molecule has 1 aliphatic heterocycles. The molecule has 2 amide bonds. The summed E-state index contributed by atoms with van der Waals surface area (Å²) in [5, 5.41) is 2.84. The molecule has 0 saturated heterocycles. The number of fused-ring (bicyclic) bond motifs is 1. The summed E-state index contributed by atoms with van der Waals surface area (Å²) in [5.41, 5.74) is 1.54. The van der Waals surface area contributed by atoms with Crippen LogP contribution in [0.5, 0.6) is 0 Å². The molecular weight excluding hydrogens is 328 g/mol. The fourth-order valence-electron chi connectivity index (χ4n) is 2.35. The molecule has 1 N–H and O–H groups in total. The van der Waals surface area contributed by atoms with Crippen LogP contribution in [0.4, 0.5) is 11.4 Å².